The van der Waals surface area contributed by atoms with Crippen molar-refractivity contribution in [2.45, 2.75) is 39.2 Å². The van der Waals surface area contributed by atoms with Gasteiger partial charge in [0.05, 0.1) is 6.10 Å². The molecule has 1 aromatic rings. The van der Waals surface area contributed by atoms with E-state index in [1.165, 1.54) is 12.0 Å². The number of hydrogen-bond acceptors (Lipinski definition) is 2. The van der Waals surface area contributed by atoms with E-state index in [-0.39, 0.29) is 6.10 Å². The van der Waals surface area contributed by atoms with Crippen LogP contribution in [0.1, 0.15) is 38.7 Å². The second kappa shape index (κ2) is 5.54. The number of ether oxygens (including phenoxy) is 1. The molecular weight excluding hydrogens is 210 g/mol. The first kappa shape index (κ1) is 12.4. The normalized spacial score (nSPS) is 24.9. The summed E-state index contributed by atoms with van der Waals surface area (Å²) in [4.78, 5) is 0. The second-order valence-electron chi connectivity index (χ2n) is 5.43. The highest BCUT2D eigenvalue weighted by Gasteiger charge is 2.19. The van der Waals surface area contributed by atoms with E-state index < -0.39 is 0 Å². The standard InChI is InChI=1S/C15H23NO/c1-11(2)17-15-6-4-13(5-7-15)14-8-12(3)9-16-10-14/h4-7,11-12,14,16H,8-10H2,1-3H3. The monoisotopic (exact) mass is 233 g/mol. The summed E-state index contributed by atoms with van der Waals surface area (Å²) in [5.74, 6) is 2.41. The first-order valence-corrected chi connectivity index (χ1v) is 6.62. The maximum Gasteiger partial charge on any atom is 0.119 e. The van der Waals surface area contributed by atoms with Gasteiger partial charge in [0, 0.05) is 6.54 Å². The Balaban J connectivity index is 2.01. The molecule has 1 aromatic carbocycles. The highest BCUT2D eigenvalue weighted by atomic mass is 16.5. The summed E-state index contributed by atoms with van der Waals surface area (Å²) in [5.41, 5.74) is 1.43. The summed E-state index contributed by atoms with van der Waals surface area (Å²) in [6, 6.07) is 8.60. The van der Waals surface area contributed by atoms with Crippen molar-refractivity contribution >= 4 is 0 Å². The topological polar surface area (TPSA) is 21.3 Å². The van der Waals surface area contributed by atoms with Crippen molar-refractivity contribution in [3.8, 4) is 5.75 Å². The second-order valence-corrected chi connectivity index (χ2v) is 5.43. The molecule has 1 aliphatic heterocycles. The SMILES string of the molecule is CC1CNCC(c2ccc(OC(C)C)cc2)C1. The lowest BCUT2D eigenvalue weighted by Gasteiger charge is -2.28. The summed E-state index contributed by atoms with van der Waals surface area (Å²) in [6.45, 7) is 8.69. The molecule has 1 saturated heterocycles. The van der Waals surface area contributed by atoms with Crippen LogP contribution in [0.2, 0.25) is 0 Å². The van der Waals surface area contributed by atoms with Crippen LogP contribution >= 0.6 is 0 Å². The Hall–Kier alpha value is -1.02. The molecule has 2 atom stereocenters. The van der Waals surface area contributed by atoms with Gasteiger partial charge in [-0.1, -0.05) is 19.1 Å². The van der Waals surface area contributed by atoms with Crippen LogP contribution in [0.25, 0.3) is 0 Å². The van der Waals surface area contributed by atoms with Gasteiger partial charge in [-0.15, -0.1) is 0 Å². The van der Waals surface area contributed by atoms with Crippen LogP contribution in [0, 0.1) is 5.92 Å². The predicted octanol–water partition coefficient (Wildman–Crippen LogP) is 3.19. The van der Waals surface area contributed by atoms with E-state index in [4.69, 9.17) is 4.74 Å². The van der Waals surface area contributed by atoms with Crippen molar-refractivity contribution in [1.82, 2.24) is 5.32 Å². The van der Waals surface area contributed by atoms with Gasteiger partial charge in [0.2, 0.25) is 0 Å². The summed E-state index contributed by atoms with van der Waals surface area (Å²) >= 11 is 0. The Morgan fingerprint density at radius 1 is 1.18 bits per heavy atom. The zero-order valence-corrected chi connectivity index (χ0v) is 11.1. The third-order valence-electron chi connectivity index (χ3n) is 3.29. The lowest BCUT2D eigenvalue weighted by atomic mass is 9.86. The van der Waals surface area contributed by atoms with Gasteiger partial charge >= 0.3 is 0 Å². The molecule has 2 heteroatoms. The molecule has 94 valence electrons. The van der Waals surface area contributed by atoms with Crippen LogP contribution in [0.5, 0.6) is 5.75 Å². The molecule has 1 fully saturated rings. The van der Waals surface area contributed by atoms with Crippen molar-refractivity contribution in [3.63, 3.8) is 0 Å². The molecule has 2 nitrogen and oxygen atoms in total. The van der Waals surface area contributed by atoms with E-state index >= 15 is 0 Å². The van der Waals surface area contributed by atoms with Crippen LogP contribution in [-0.2, 0) is 0 Å². The van der Waals surface area contributed by atoms with E-state index in [1.54, 1.807) is 0 Å². The molecule has 0 aromatic heterocycles. The molecule has 17 heavy (non-hydrogen) atoms. The summed E-state index contributed by atoms with van der Waals surface area (Å²) in [7, 11) is 0. The van der Waals surface area contributed by atoms with E-state index in [9.17, 15) is 0 Å². The Kier molecular flexibility index (Phi) is 4.06. The van der Waals surface area contributed by atoms with Crippen molar-refractivity contribution in [2.24, 2.45) is 5.92 Å². The first-order valence-electron chi connectivity index (χ1n) is 6.62. The third kappa shape index (κ3) is 3.47. The fourth-order valence-corrected chi connectivity index (χ4v) is 2.50. The maximum atomic E-state index is 5.66. The lowest BCUT2D eigenvalue weighted by molar-refractivity contribution is 0.242. The fourth-order valence-electron chi connectivity index (χ4n) is 2.50. The maximum absolute atomic E-state index is 5.66. The van der Waals surface area contributed by atoms with Gasteiger partial charge in [0.1, 0.15) is 5.75 Å². The molecule has 1 aliphatic rings. The van der Waals surface area contributed by atoms with E-state index in [0.717, 1.165) is 24.8 Å². The van der Waals surface area contributed by atoms with Gasteiger partial charge in [0.25, 0.3) is 0 Å². The van der Waals surface area contributed by atoms with Gasteiger partial charge in [-0.2, -0.15) is 0 Å². The molecular formula is C15H23NO. The molecule has 0 spiro atoms. The van der Waals surface area contributed by atoms with Gasteiger partial charge in [0.15, 0.2) is 0 Å². The zero-order chi connectivity index (χ0) is 12.3. The minimum atomic E-state index is 0.247. The van der Waals surface area contributed by atoms with Gasteiger partial charge in [-0.3, -0.25) is 0 Å². The van der Waals surface area contributed by atoms with Gasteiger partial charge in [-0.25, -0.2) is 0 Å². The Bertz CT molecular complexity index is 344. The average Bonchev–Trinajstić information content (AvgIpc) is 2.29. The highest BCUT2D eigenvalue weighted by molar-refractivity contribution is 5.30. The molecule has 0 aliphatic carbocycles. The third-order valence-corrected chi connectivity index (χ3v) is 3.29. The number of rotatable bonds is 3. The number of piperidine rings is 1. The smallest absolute Gasteiger partial charge is 0.119 e. The van der Waals surface area contributed by atoms with Crippen LogP contribution in [0.3, 0.4) is 0 Å². The summed E-state index contributed by atoms with van der Waals surface area (Å²) < 4.78 is 5.66. The minimum absolute atomic E-state index is 0.247. The quantitative estimate of drug-likeness (QED) is 0.865. The molecule has 0 radical (unpaired) electrons. The molecule has 0 saturated carbocycles. The number of benzene rings is 1. The fraction of sp³-hybridized carbons (Fsp3) is 0.600. The summed E-state index contributed by atoms with van der Waals surface area (Å²) in [5, 5.41) is 3.50. The van der Waals surface area contributed by atoms with E-state index in [1.807, 2.05) is 0 Å². The Labute approximate surface area is 104 Å². The van der Waals surface area contributed by atoms with Gasteiger partial charge < -0.3 is 10.1 Å². The molecule has 0 amide bonds. The average molecular weight is 233 g/mol. The predicted molar refractivity (Wildman–Crippen MR) is 71.6 cm³/mol. The van der Waals surface area contributed by atoms with Crippen LogP contribution in [0.4, 0.5) is 0 Å². The highest BCUT2D eigenvalue weighted by Crippen LogP contribution is 2.27. The Morgan fingerprint density at radius 2 is 1.88 bits per heavy atom. The lowest BCUT2D eigenvalue weighted by Crippen LogP contribution is -2.33. The zero-order valence-electron chi connectivity index (χ0n) is 11.1. The molecule has 2 unspecified atom stereocenters. The number of nitrogens with one attached hydrogen (secondary N) is 1. The minimum Gasteiger partial charge on any atom is -0.491 e. The van der Waals surface area contributed by atoms with Crippen molar-refractivity contribution in [2.75, 3.05) is 13.1 Å². The molecule has 1 heterocycles. The van der Waals surface area contributed by atoms with Crippen molar-refractivity contribution < 1.29 is 4.74 Å². The Morgan fingerprint density at radius 3 is 2.47 bits per heavy atom. The van der Waals surface area contributed by atoms with Crippen LogP contribution < -0.4 is 10.1 Å². The molecule has 0 bridgehead atoms. The van der Waals surface area contributed by atoms with Crippen LogP contribution in [-0.4, -0.2) is 19.2 Å². The van der Waals surface area contributed by atoms with Crippen molar-refractivity contribution in [3.05, 3.63) is 29.8 Å². The van der Waals surface area contributed by atoms with Crippen LogP contribution in [0.15, 0.2) is 24.3 Å². The largest absolute Gasteiger partial charge is 0.491 e. The van der Waals surface area contributed by atoms with Gasteiger partial charge in [-0.05, 0) is 56.3 Å². The molecule has 2 rings (SSSR count). The first-order chi connectivity index (χ1) is 8.15. The van der Waals surface area contributed by atoms with Crippen molar-refractivity contribution in [1.29, 1.82) is 0 Å². The van der Waals surface area contributed by atoms with E-state index in [0.29, 0.717) is 5.92 Å². The molecule has 1 N–H and O–H groups in total. The number of hydrogen-bond donors (Lipinski definition) is 1. The summed E-state index contributed by atoms with van der Waals surface area (Å²) in [6.07, 6.45) is 1.54. The van der Waals surface area contributed by atoms with E-state index in [2.05, 4.69) is 50.4 Å².